The monoisotopic (exact) mass is 271 g/mol. The largest absolute Gasteiger partial charge is 0.312 e. The first-order chi connectivity index (χ1) is 7.18. The SMILES string of the molecule is Cc1ncc(Br)c(=O)n1C[C@H]1CCCN1. The molecular formula is C10H14BrN3O. The number of nitrogens with zero attached hydrogens (tertiary/aromatic N) is 2. The van der Waals surface area contributed by atoms with E-state index in [2.05, 4.69) is 26.2 Å². The molecule has 1 aromatic heterocycles. The number of aromatic nitrogens is 2. The summed E-state index contributed by atoms with van der Waals surface area (Å²) in [6.07, 6.45) is 3.90. The van der Waals surface area contributed by atoms with Gasteiger partial charge in [0.2, 0.25) is 0 Å². The lowest BCUT2D eigenvalue weighted by Crippen LogP contribution is -2.34. The fourth-order valence-electron chi connectivity index (χ4n) is 1.90. The standard InChI is InChI=1S/C10H14BrN3O/c1-7-13-5-9(11)10(15)14(7)6-8-3-2-4-12-8/h5,8,12H,2-4,6H2,1H3/t8-/m1/s1. The molecule has 1 saturated heterocycles. The smallest absolute Gasteiger partial charge is 0.267 e. The van der Waals surface area contributed by atoms with E-state index in [0.717, 1.165) is 25.3 Å². The molecule has 15 heavy (non-hydrogen) atoms. The highest BCUT2D eigenvalue weighted by Crippen LogP contribution is 2.08. The minimum atomic E-state index is 0.0104. The van der Waals surface area contributed by atoms with Crippen LogP contribution in [0.2, 0.25) is 0 Å². The first-order valence-corrected chi connectivity index (χ1v) is 5.93. The van der Waals surface area contributed by atoms with E-state index in [0.29, 0.717) is 10.5 Å². The van der Waals surface area contributed by atoms with Crippen molar-refractivity contribution < 1.29 is 0 Å². The summed E-state index contributed by atoms with van der Waals surface area (Å²) in [7, 11) is 0. The maximum Gasteiger partial charge on any atom is 0.267 e. The fourth-order valence-corrected chi connectivity index (χ4v) is 2.22. The van der Waals surface area contributed by atoms with Gasteiger partial charge < -0.3 is 5.32 Å². The quantitative estimate of drug-likeness (QED) is 0.876. The summed E-state index contributed by atoms with van der Waals surface area (Å²) >= 11 is 3.21. The van der Waals surface area contributed by atoms with Crippen LogP contribution in [-0.2, 0) is 6.54 Å². The van der Waals surface area contributed by atoms with E-state index in [1.54, 1.807) is 10.8 Å². The van der Waals surface area contributed by atoms with Crippen LogP contribution in [0.25, 0.3) is 0 Å². The average molecular weight is 272 g/mol. The van der Waals surface area contributed by atoms with Crippen molar-refractivity contribution >= 4 is 15.9 Å². The van der Waals surface area contributed by atoms with E-state index in [1.165, 1.54) is 6.42 Å². The van der Waals surface area contributed by atoms with Gasteiger partial charge in [-0.1, -0.05) is 0 Å². The van der Waals surface area contributed by atoms with Crippen LogP contribution in [0.3, 0.4) is 0 Å². The van der Waals surface area contributed by atoms with E-state index >= 15 is 0 Å². The molecule has 2 heterocycles. The summed E-state index contributed by atoms with van der Waals surface area (Å²) in [5, 5.41) is 3.38. The minimum absolute atomic E-state index is 0.0104. The Morgan fingerprint density at radius 1 is 1.73 bits per heavy atom. The summed E-state index contributed by atoms with van der Waals surface area (Å²) < 4.78 is 2.26. The highest BCUT2D eigenvalue weighted by atomic mass is 79.9. The first kappa shape index (κ1) is 10.8. The van der Waals surface area contributed by atoms with Crippen LogP contribution >= 0.6 is 15.9 Å². The van der Waals surface area contributed by atoms with Gasteiger partial charge >= 0.3 is 0 Å². The van der Waals surface area contributed by atoms with Crippen molar-refractivity contribution in [3.05, 3.63) is 26.8 Å². The highest BCUT2D eigenvalue weighted by Gasteiger charge is 2.16. The second-order valence-electron chi connectivity index (χ2n) is 3.86. The number of rotatable bonds is 2. The molecule has 0 amide bonds. The van der Waals surface area contributed by atoms with Crippen molar-refractivity contribution in [3.63, 3.8) is 0 Å². The molecule has 1 aliphatic rings. The van der Waals surface area contributed by atoms with Gasteiger partial charge in [0.1, 0.15) is 10.3 Å². The van der Waals surface area contributed by atoms with Gasteiger partial charge in [-0.2, -0.15) is 0 Å². The molecule has 1 fully saturated rings. The molecule has 4 nitrogen and oxygen atoms in total. The molecule has 0 aromatic carbocycles. The number of hydrogen-bond donors (Lipinski definition) is 1. The summed E-state index contributed by atoms with van der Waals surface area (Å²) in [5.74, 6) is 0.775. The van der Waals surface area contributed by atoms with Crippen molar-refractivity contribution in [1.29, 1.82) is 0 Å². The lowest BCUT2D eigenvalue weighted by Gasteiger charge is -2.14. The first-order valence-electron chi connectivity index (χ1n) is 5.14. The molecule has 1 N–H and O–H groups in total. The molecule has 1 atom stereocenters. The Labute approximate surface area is 96.8 Å². The zero-order chi connectivity index (χ0) is 10.8. The Balaban J connectivity index is 2.26. The van der Waals surface area contributed by atoms with Gasteiger partial charge in [0.25, 0.3) is 5.56 Å². The summed E-state index contributed by atoms with van der Waals surface area (Å²) in [5.41, 5.74) is 0.0104. The van der Waals surface area contributed by atoms with Gasteiger partial charge in [-0.15, -0.1) is 0 Å². The Morgan fingerprint density at radius 3 is 3.20 bits per heavy atom. The fraction of sp³-hybridized carbons (Fsp3) is 0.600. The molecule has 0 saturated carbocycles. The zero-order valence-electron chi connectivity index (χ0n) is 8.66. The van der Waals surface area contributed by atoms with Gasteiger partial charge in [0, 0.05) is 18.8 Å². The maximum absolute atomic E-state index is 11.8. The highest BCUT2D eigenvalue weighted by molar-refractivity contribution is 9.10. The molecule has 5 heteroatoms. The molecule has 1 aliphatic heterocycles. The molecule has 82 valence electrons. The predicted octanol–water partition coefficient (Wildman–Crippen LogP) is 1.07. The molecular weight excluding hydrogens is 258 g/mol. The van der Waals surface area contributed by atoms with Crippen LogP contribution < -0.4 is 10.9 Å². The summed E-state index contributed by atoms with van der Waals surface area (Å²) in [4.78, 5) is 16.0. The Bertz CT molecular complexity index is 410. The molecule has 0 bridgehead atoms. The van der Waals surface area contributed by atoms with Crippen LogP contribution in [-0.4, -0.2) is 22.1 Å². The third kappa shape index (κ3) is 2.29. The van der Waals surface area contributed by atoms with E-state index in [9.17, 15) is 4.79 Å². The Hall–Kier alpha value is -0.680. The van der Waals surface area contributed by atoms with Crippen LogP contribution in [0.4, 0.5) is 0 Å². The molecule has 0 aliphatic carbocycles. The van der Waals surface area contributed by atoms with E-state index in [4.69, 9.17) is 0 Å². The lowest BCUT2D eigenvalue weighted by molar-refractivity contribution is 0.484. The van der Waals surface area contributed by atoms with Crippen LogP contribution in [0.15, 0.2) is 15.5 Å². The number of aryl methyl sites for hydroxylation is 1. The van der Waals surface area contributed by atoms with Gasteiger partial charge in [0.15, 0.2) is 0 Å². The second kappa shape index (κ2) is 4.45. The van der Waals surface area contributed by atoms with Gasteiger partial charge in [0.05, 0.1) is 0 Å². The third-order valence-corrected chi connectivity index (χ3v) is 3.31. The van der Waals surface area contributed by atoms with Gasteiger partial charge in [-0.05, 0) is 42.2 Å². The number of nitrogens with one attached hydrogen (secondary N) is 1. The summed E-state index contributed by atoms with van der Waals surface area (Å²) in [6, 6.07) is 0.414. The topological polar surface area (TPSA) is 46.9 Å². The second-order valence-corrected chi connectivity index (χ2v) is 4.72. The molecule has 1 aromatic rings. The maximum atomic E-state index is 11.8. The van der Waals surface area contributed by atoms with E-state index in [1.807, 2.05) is 6.92 Å². The van der Waals surface area contributed by atoms with Crippen LogP contribution in [0.5, 0.6) is 0 Å². The van der Waals surface area contributed by atoms with Gasteiger partial charge in [-0.25, -0.2) is 4.98 Å². The van der Waals surface area contributed by atoms with Crippen LogP contribution in [0.1, 0.15) is 18.7 Å². The normalized spacial score (nSPS) is 20.8. The van der Waals surface area contributed by atoms with Crippen LogP contribution in [0, 0.1) is 6.92 Å². The minimum Gasteiger partial charge on any atom is -0.312 e. The van der Waals surface area contributed by atoms with E-state index in [-0.39, 0.29) is 5.56 Å². The molecule has 0 spiro atoms. The summed E-state index contributed by atoms with van der Waals surface area (Å²) in [6.45, 7) is 3.64. The lowest BCUT2D eigenvalue weighted by atomic mass is 10.2. The zero-order valence-corrected chi connectivity index (χ0v) is 10.2. The molecule has 0 unspecified atom stereocenters. The van der Waals surface area contributed by atoms with Crippen molar-refractivity contribution in [2.24, 2.45) is 0 Å². The van der Waals surface area contributed by atoms with Crippen molar-refractivity contribution in [2.45, 2.75) is 32.4 Å². The van der Waals surface area contributed by atoms with Gasteiger partial charge in [-0.3, -0.25) is 9.36 Å². The predicted molar refractivity (Wildman–Crippen MR) is 62.0 cm³/mol. The Kier molecular flexibility index (Phi) is 3.21. The van der Waals surface area contributed by atoms with Crippen molar-refractivity contribution in [3.8, 4) is 0 Å². The number of halogens is 1. The van der Waals surface area contributed by atoms with Crippen molar-refractivity contribution in [1.82, 2.24) is 14.9 Å². The number of hydrogen-bond acceptors (Lipinski definition) is 3. The molecule has 2 rings (SSSR count). The Morgan fingerprint density at radius 2 is 2.53 bits per heavy atom. The average Bonchev–Trinajstić information content (AvgIpc) is 2.71. The third-order valence-electron chi connectivity index (χ3n) is 2.77. The van der Waals surface area contributed by atoms with Crippen molar-refractivity contribution in [2.75, 3.05) is 6.54 Å². The van der Waals surface area contributed by atoms with E-state index < -0.39 is 0 Å². The molecule has 0 radical (unpaired) electrons.